The third-order valence-corrected chi connectivity index (χ3v) is 1.85. The van der Waals surface area contributed by atoms with Crippen LogP contribution in [-0.2, 0) is 0 Å². The highest BCUT2D eigenvalue weighted by atomic mass is 35.5. The number of nitrogens with zero attached hydrogens (tertiary/aromatic N) is 4. The molecular weight excluding hydrogens is 212 g/mol. The van der Waals surface area contributed by atoms with E-state index in [0.717, 1.165) is 0 Å². The van der Waals surface area contributed by atoms with E-state index in [1.54, 1.807) is 18.2 Å². The van der Waals surface area contributed by atoms with Crippen molar-refractivity contribution in [1.82, 2.24) is 0 Å². The summed E-state index contributed by atoms with van der Waals surface area (Å²) in [6.07, 6.45) is 0. The van der Waals surface area contributed by atoms with Crippen LogP contribution in [0.4, 0.5) is 0 Å². The topological polar surface area (TPSA) is 72.5 Å². The molecule has 4 nitrogen and oxygen atoms in total. The first-order valence-electron chi connectivity index (χ1n) is 3.97. The molecule has 0 saturated heterocycles. The van der Waals surface area contributed by atoms with Gasteiger partial charge in [-0.2, -0.15) is 5.26 Å². The zero-order valence-corrected chi connectivity index (χ0v) is 8.36. The molecule has 1 aromatic rings. The molecule has 0 saturated carbocycles. The largest absolute Gasteiger partial charge is 0.192 e. The summed E-state index contributed by atoms with van der Waals surface area (Å²) in [6.45, 7) is 0.104. The van der Waals surface area contributed by atoms with Crippen LogP contribution in [0.2, 0.25) is 5.02 Å². The molecule has 0 aromatic heterocycles. The van der Waals surface area contributed by atoms with Crippen LogP contribution in [0.15, 0.2) is 23.3 Å². The van der Waals surface area contributed by atoms with Crippen molar-refractivity contribution in [3.63, 3.8) is 0 Å². The number of nitriles is 1. The summed E-state index contributed by atoms with van der Waals surface area (Å²) in [5.41, 5.74) is 9.12. The van der Waals surface area contributed by atoms with Gasteiger partial charge in [0.05, 0.1) is 23.2 Å². The molecule has 0 amide bonds. The normalized spacial score (nSPS) is 8.00. The maximum absolute atomic E-state index is 8.60. The van der Waals surface area contributed by atoms with Gasteiger partial charge < -0.3 is 0 Å². The molecule has 0 spiro atoms. The highest BCUT2D eigenvalue weighted by molar-refractivity contribution is 6.31. The van der Waals surface area contributed by atoms with E-state index in [1.165, 1.54) is 0 Å². The van der Waals surface area contributed by atoms with Crippen molar-refractivity contribution >= 4 is 11.6 Å². The van der Waals surface area contributed by atoms with Crippen LogP contribution in [0.25, 0.3) is 10.4 Å². The van der Waals surface area contributed by atoms with E-state index in [1.807, 2.05) is 6.07 Å². The van der Waals surface area contributed by atoms with Crippen molar-refractivity contribution < 1.29 is 0 Å². The summed E-state index contributed by atoms with van der Waals surface area (Å²) < 4.78 is 0. The number of hydrogen-bond acceptors (Lipinski definition) is 2. The summed E-state index contributed by atoms with van der Waals surface area (Å²) in [5.74, 6) is 5.39. The number of azide groups is 1. The molecule has 1 aromatic carbocycles. The van der Waals surface area contributed by atoms with Crippen LogP contribution in [0.1, 0.15) is 11.1 Å². The minimum Gasteiger partial charge on any atom is -0.192 e. The van der Waals surface area contributed by atoms with Gasteiger partial charge in [0.25, 0.3) is 0 Å². The van der Waals surface area contributed by atoms with E-state index in [-0.39, 0.29) is 6.54 Å². The van der Waals surface area contributed by atoms with Crippen LogP contribution in [0.3, 0.4) is 0 Å². The third-order valence-electron chi connectivity index (χ3n) is 1.53. The lowest BCUT2D eigenvalue weighted by Crippen LogP contribution is -1.80. The van der Waals surface area contributed by atoms with Crippen LogP contribution >= 0.6 is 11.6 Å². The standard InChI is InChI=1S/C10H5ClN4/c11-10-6-8(7-12)3-4-9(10)2-1-5-14-15-13/h3-4,6H,5H2. The third kappa shape index (κ3) is 3.25. The Kier molecular flexibility index (Phi) is 4.06. The average molecular weight is 217 g/mol. The first kappa shape index (κ1) is 10.9. The van der Waals surface area contributed by atoms with Crippen molar-refractivity contribution in [2.24, 2.45) is 5.11 Å². The monoisotopic (exact) mass is 216 g/mol. The average Bonchev–Trinajstić information content (AvgIpc) is 2.26. The van der Waals surface area contributed by atoms with Crippen LogP contribution in [-0.4, -0.2) is 6.54 Å². The van der Waals surface area contributed by atoms with Crippen LogP contribution in [0, 0.1) is 23.2 Å². The van der Waals surface area contributed by atoms with E-state index < -0.39 is 0 Å². The number of hydrogen-bond donors (Lipinski definition) is 0. The smallest absolute Gasteiger partial charge is 0.0992 e. The molecule has 0 aliphatic rings. The van der Waals surface area contributed by atoms with Gasteiger partial charge in [0, 0.05) is 10.5 Å². The molecule has 0 aliphatic carbocycles. The summed E-state index contributed by atoms with van der Waals surface area (Å²) >= 11 is 5.86. The molecule has 0 unspecified atom stereocenters. The molecule has 0 bridgehead atoms. The van der Waals surface area contributed by atoms with Gasteiger partial charge in [0.1, 0.15) is 0 Å². The summed E-state index contributed by atoms with van der Waals surface area (Å²) in [5, 5.41) is 12.3. The summed E-state index contributed by atoms with van der Waals surface area (Å²) in [6, 6.07) is 6.80. The van der Waals surface area contributed by atoms with Crippen molar-refractivity contribution in [2.45, 2.75) is 0 Å². The Morgan fingerprint density at radius 2 is 2.33 bits per heavy atom. The summed E-state index contributed by atoms with van der Waals surface area (Å²) in [4.78, 5) is 2.56. The first-order valence-corrected chi connectivity index (χ1v) is 4.35. The fourth-order valence-corrected chi connectivity index (χ4v) is 1.12. The zero-order chi connectivity index (χ0) is 11.1. The maximum Gasteiger partial charge on any atom is 0.0992 e. The Labute approximate surface area is 91.7 Å². The Hall–Kier alpha value is -2.13. The number of halogens is 1. The lowest BCUT2D eigenvalue weighted by atomic mass is 10.1. The van der Waals surface area contributed by atoms with Gasteiger partial charge >= 0.3 is 0 Å². The van der Waals surface area contributed by atoms with E-state index in [4.69, 9.17) is 22.4 Å². The Bertz CT molecular complexity index is 512. The number of benzene rings is 1. The quantitative estimate of drug-likeness (QED) is 0.308. The highest BCUT2D eigenvalue weighted by Gasteiger charge is 1.97. The fourth-order valence-electron chi connectivity index (χ4n) is 0.888. The lowest BCUT2D eigenvalue weighted by molar-refractivity contribution is 1.25. The van der Waals surface area contributed by atoms with Gasteiger partial charge in [-0.05, 0) is 23.7 Å². The molecule has 1 rings (SSSR count). The fraction of sp³-hybridized carbons (Fsp3) is 0.100. The molecule has 0 fully saturated rings. The molecule has 15 heavy (non-hydrogen) atoms. The molecule has 0 heterocycles. The Morgan fingerprint density at radius 1 is 1.53 bits per heavy atom. The maximum atomic E-state index is 8.60. The Balaban J connectivity index is 2.91. The zero-order valence-electron chi connectivity index (χ0n) is 7.61. The molecular formula is C10H5ClN4. The van der Waals surface area contributed by atoms with E-state index in [2.05, 4.69) is 21.9 Å². The minimum atomic E-state index is 0.104. The van der Waals surface area contributed by atoms with Crippen molar-refractivity contribution in [3.8, 4) is 17.9 Å². The van der Waals surface area contributed by atoms with Gasteiger partial charge in [0.15, 0.2) is 0 Å². The van der Waals surface area contributed by atoms with Gasteiger partial charge in [-0.15, -0.1) is 0 Å². The van der Waals surface area contributed by atoms with Crippen molar-refractivity contribution in [1.29, 1.82) is 5.26 Å². The SMILES string of the molecule is N#Cc1ccc(C#CCN=[N+]=[N-])c(Cl)c1. The van der Waals surface area contributed by atoms with Crippen LogP contribution in [0.5, 0.6) is 0 Å². The molecule has 0 atom stereocenters. The van der Waals surface area contributed by atoms with Gasteiger partial charge in [-0.3, -0.25) is 0 Å². The first-order chi connectivity index (χ1) is 7.27. The van der Waals surface area contributed by atoms with Crippen molar-refractivity contribution in [2.75, 3.05) is 6.54 Å². The van der Waals surface area contributed by atoms with E-state index >= 15 is 0 Å². The molecule has 0 aliphatic heterocycles. The molecule has 0 radical (unpaired) electrons. The number of rotatable bonds is 1. The Morgan fingerprint density at radius 3 is 2.93 bits per heavy atom. The molecule has 5 heteroatoms. The predicted octanol–water partition coefficient (Wildman–Crippen LogP) is 2.87. The van der Waals surface area contributed by atoms with Gasteiger partial charge in [-0.1, -0.05) is 28.6 Å². The van der Waals surface area contributed by atoms with E-state index in [9.17, 15) is 0 Å². The van der Waals surface area contributed by atoms with E-state index in [0.29, 0.717) is 16.1 Å². The highest BCUT2D eigenvalue weighted by Crippen LogP contribution is 2.16. The second kappa shape index (κ2) is 5.57. The van der Waals surface area contributed by atoms with Gasteiger partial charge in [0.2, 0.25) is 0 Å². The second-order valence-electron chi connectivity index (χ2n) is 2.50. The van der Waals surface area contributed by atoms with Gasteiger partial charge in [-0.25, -0.2) is 0 Å². The second-order valence-corrected chi connectivity index (χ2v) is 2.90. The van der Waals surface area contributed by atoms with Crippen molar-refractivity contribution in [3.05, 3.63) is 44.8 Å². The summed E-state index contributed by atoms with van der Waals surface area (Å²) in [7, 11) is 0. The minimum absolute atomic E-state index is 0.104. The molecule has 72 valence electrons. The molecule has 0 N–H and O–H groups in total. The lowest BCUT2D eigenvalue weighted by Gasteiger charge is -1.94. The van der Waals surface area contributed by atoms with Crippen LogP contribution < -0.4 is 0 Å². The predicted molar refractivity (Wildman–Crippen MR) is 57.1 cm³/mol.